The zero-order chi connectivity index (χ0) is 21.4. The number of carbonyl (C=O) groups is 3. The van der Waals surface area contributed by atoms with Gasteiger partial charge in [0.1, 0.15) is 0 Å². The molecule has 1 heterocycles. The van der Waals surface area contributed by atoms with Crippen LogP contribution in [0.5, 0.6) is 11.5 Å². The molecule has 2 amide bonds. The number of benzene rings is 1. The van der Waals surface area contributed by atoms with Gasteiger partial charge in [-0.3, -0.25) is 9.59 Å². The molecule has 1 saturated heterocycles. The van der Waals surface area contributed by atoms with Crippen molar-refractivity contribution < 1.29 is 28.6 Å². The van der Waals surface area contributed by atoms with Gasteiger partial charge in [0.15, 0.2) is 18.1 Å². The number of primary amides is 1. The van der Waals surface area contributed by atoms with E-state index >= 15 is 0 Å². The van der Waals surface area contributed by atoms with Gasteiger partial charge in [-0.15, -0.1) is 0 Å². The number of halogens is 1. The van der Waals surface area contributed by atoms with Gasteiger partial charge in [-0.1, -0.05) is 18.5 Å². The lowest BCUT2D eigenvalue weighted by Gasteiger charge is -2.30. The number of nitrogens with zero attached hydrogens (tertiary/aromatic N) is 1. The minimum atomic E-state index is -0.685. The maximum absolute atomic E-state index is 12.4. The third kappa shape index (κ3) is 6.25. The Bertz CT molecular complexity index is 747. The molecule has 1 aromatic rings. The summed E-state index contributed by atoms with van der Waals surface area (Å²) >= 11 is 6.25. The minimum Gasteiger partial charge on any atom is -0.490 e. The van der Waals surface area contributed by atoms with Crippen molar-refractivity contribution in [1.29, 1.82) is 0 Å². The molecule has 0 aromatic heterocycles. The summed E-state index contributed by atoms with van der Waals surface area (Å²) in [5.74, 6) is -0.845. The first kappa shape index (κ1) is 22.8. The van der Waals surface area contributed by atoms with Gasteiger partial charge in [0.25, 0.3) is 5.91 Å². The van der Waals surface area contributed by atoms with Crippen LogP contribution in [0.4, 0.5) is 0 Å². The lowest BCUT2D eigenvalue weighted by atomic mass is 9.96. The standard InChI is InChI=1S/C20H27ClN2O6/c1-3-9-28-18-15(21)10-14(11-16(18)27-4-2)20(26)29-12-17(24)23-7-5-13(6-8-23)19(22)25/h10-11,13H,3-9,12H2,1-2H3,(H2,22,25). The minimum absolute atomic E-state index is 0.169. The summed E-state index contributed by atoms with van der Waals surface area (Å²) in [5, 5.41) is 0.233. The van der Waals surface area contributed by atoms with E-state index in [0.717, 1.165) is 6.42 Å². The highest BCUT2D eigenvalue weighted by Crippen LogP contribution is 2.37. The van der Waals surface area contributed by atoms with E-state index in [0.29, 0.717) is 50.6 Å². The molecular formula is C20H27ClN2O6. The first-order valence-corrected chi connectivity index (χ1v) is 10.1. The predicted octanol–water partition coefficient (Wildman–Crippen LogP) is 2.41. The van der Waals surface area contributed by atoms with Gasteiger partial charge in [0.05, 0.1) is 23.8 Å². The third-order valence-electron chi connectivity index (χ3n) is 4.57. The van der Waals surface area contributed by atoms with E-state index in [9.17, 15) is 14.4 Å². The average molecular weight is 427 g/mol. The number of carbonyl (C=O) groups excluding carboxylic acids is 3. The number of esters is 1. The Morgan fingerprint density at radius 1 is 1.17 bits per heavy atom. The summed E-state index contributed by atoms with van der Waals surface area (Å²) < 4.78 is 16.3. The lowest BCUT2D eigenvalue weighted by molar-refractivity contribution is -0.137. The lowest BCUT2D eigenvalue weighted by Crippen LogP contribution is -2.43. The summed E-state index contributed by atoms with van der Waals surface area (Å²) in [7, 11) is 0. The van der Waals surface area contributed by atoms with Crippen LogP contribution in [0, 0.1) is 5.92 Å². The van der Waals surface area contributed by atoms with Crippen molar-refractivity contribution >= 4 is 29.4 Å². The zero-order valence-electron chi connectivity index (χ0n) is 16.7. The number of rotatable bonds is 9. The van der Waals surface area contributed by atoms with Crippen LogP contribution >= 0.6 is 11.6 Å². The fraction of sp³-hybridized carbons (Fsp3) is 0.550. The summed E-state index contributed by atoms with van der Waals surface area (Å²) in [5.41, 5.74) is 5.46. The van der Waals surface area contributed by atoms with Gasteiger partial charge < -0.3 is 24.8 Å². The Balaban J connectivity index is 1.98. The van der Waals surface area contributed by atoms with E-state index in [1.807, 2.05) is 13.8 Å². The number of ether oxygens (including phenoxy) is 3. The largest absolute Gasteiger partial charge is 0.490 e. The third-order valence-corrected chi connectivity index (χ3v) is 4.85. The number of nitrogens with two attached hydrogens (primary N) is 1. The normalized spacial score (nSPS) is 14.4. The highest BCUT2D eigenvalue weighted by atomic mass is 35.5. The second-order valence-corrected chi connectivity index (χ2v) is 7.11. The molecule has 9 heteroatoms. The molecule has 0 aliphatic carbocycles. The van der Waals surface area contributed by atoms with Crippen molar-refractivity contribution in [2.75, 3.05) is 32.9 Å². The van der Waals surface area contributed by atoms with Crippen LogP contribution in [0.25, 0.3) is 0 Å². The summed E-state index contributed by atoms with van der Waals surface area (Å²) in [6.45, 7) is 5.04. The van der Waals surface area contributed by atoms with Crippen LogP contribution in [0.2, 0.25) is 5.02 Å². The summed E-state index contributed by atoms with van der Waals surface area (Å²) in [6, 6.07) is 2.92. The van der Waals surface area contributed by atoms with Crippen LogP contribution in [0.1, 0.15) is 43.5 Å². The Labute approximate surface area is 175 Å². The van der Waals surface area contributed by atoms with Crippen molar-refractivity contribution in [3.8, 4) is 11.5 Å². The van der Waals surface area contributed by atoms with Crippen LogP contribution < -0.4 is 15.2 Å². The average Bonchev–Trinajstić information content (AvgIpc) is 2.71. The molecule has 1 aromatic carbocycles. The molecule has 0 saturated carbocycles. The quantitative estimate of drug-likeness (QED) is 0.607. The van der Waals surface area contributed by atoms with E-state index in [1.165, 1.54) is 12.1 Å². The maximum Gasteiger partial charge on any atom is 0.338 e. The fourth-order valence-electron chi connectivity index (χ4n) is 3.01. The topological polar surface area (TPSA) is 108 Å². The zero-order valence-corrected chi connectivity index (χ0v) is 17.5. The Hall–Kier alpha value is -2.48. The van der Waals surface area contributed by atoms with Gasteiger partial charge >= 0.3 is 5.97 Å². The molecule has 0 radical (unpaired) electrons. The van der Waals surface area contributed by atoms with Crippen molar-refractivity contribution in [3.05, 3.63) is 22.7 Å². The number of likely N-dealkylation sites (tertiary alicyclic amines) is 1. The van der Waals surface area contributed by atoms with E-state index in [4.69, 9.17) is 31.5 Å². The van der Waals surface area contributed by atoms with Gasteiger partial charge in [-0.2, -0.15) is 0 Å². The molecule has 0 spiro atoms. The Morgan fingerprint density at radius 2 is 1.86 bits per heavy atom. The molecule has 0 unspecified atom stereocenters. The van der Waals surface area contributed by atoms with Gasteiger partial charge in [-0.25, -0.2) is 4.79 Å². The molecule has 29 heavy (non-hydrogen) atoms. The van der Waals surface area contributed by atoms with E-state index < -0.39 is 12.6 Å². The molecule has 160 valence electrons. The smallest absolute Gasteiger partial charge is 0.338 e. The maximum atomic E-state index is 12.4. The molecular weight excluding hydrogens is 400 g/mol. The second kappa shape index (κ2) is 10.9. The summed E-state index contributed by atoms with van der Waals surface area (Å²) in [6.07, 6.45) is 1.83. The first-order valence-electron chi connectivity index (χ1n) is 9.70. The fourth-order valence-corrected chi connectivity index (χ4v) is 3.27. The number of hydrogen-bond donors (Lipinski definition) is 1. The SMILES string of the molecule is CCCOc1c(Cl)cc(C(=O)OCC(=O)N2CCC(C(N)=O)CC2)cc1OCC. The monoisotopic (exact) mass is 426 g/mol. The van der Waals surface area contributed by atoms with Crippen LogP contribution in [0.15, 0.2) is 12.1 Å². The molecule has 0 bridgehead atoms. The van der Waals surface area contributed by atoms with Crippen LogP contribution in [-0.2, 0) is 14.3 Å². The Morgan fingerprint density at radius 3 is 2.45 bits per heavy atom. The molecule has 8 nitrogen and oxygen atoms in total. The molecule has 2 N–H and O–H groups in total. The second-order valence-electron chi connectivity index (χ2n) is 6.70. The highest BCUT2D eigenvalue weighted by Gasteiger charge is 2.26. The number of hydrogen-bond acceptors (Lipinski definition) is 6. The van der Waals surface area contributed by atoms with Crippen molar-refractivity contribution in [3.63, 3.8) is 0 Å². The van der Waals surface area contributed by atoms with E-state index in [1.54, 1.807) is 4.90 Å². The van der Waals surface area contributed by atoms with Gasteiger partial charge in [0.2, 0.25) is 5.91 Å². The van der Waals surface area contributed by atoms with Crippen molar-refractivity contribution in [1.82, 2.24) is 4.90 Å². The number of piperidine rings is 1. The Kier molecular flexibility index (Phi) is 8.57. The summed E-state index contributed by atoms with van der Waals surface area (Å²) in [4.78, 5) is 37.4. The van der Waals surface area contributed by atoms with Crippen molar-refractivity contribution in [2.45, 2.75) is 33.1 Å². The number of amides is 2. The molecule has 1 aliphatic rings. The van der Waals surface area contributed by atoms with E-state index in [-0.39, 0.29) is 28.3 Å². The molecule has 0 atom stereocenters. The van der Waals surface area contributed by atoms with Crippen LogP contribution in [0.3, 0.4) is 0 Å². The highest BCUT2D eigenvalue weighted by molar-refractivity contribution is 6.32. The van der Waals surface area contributed by atoms with Crippen molar-refractivity contribution in [2.24, 2.45) is 11.7 Å². The predicted molar refractivity (Wildman–Crippen MR) is 107 cm³/mol. The molecule has 1 fully saturated rings. The van der Waals surface area contributed by atoms with Crippen LogP contribution in [-0.4, -0.2) is 55.6 Å². The van der Waals surface area contributed by atoms with Gasteiger partial charge in [0, 0.05) is 19.0 Å². The molecule has 1 aliphatic heterocycles. The van der Waals surface area contributed by atoms with Gasteiger partial charge in [-0.05, 0) is 38.3 Å². The molecule has 2 rings (SSSR count). The first-order chi connectivity index (χ1) is 13.9. The van der Waals surface area contributed by atoms with E-state index in [2.05, 4.69) is 0 Å².